The lowest BCUT2D eigenvalue weighted by Crippen LogP contribution is -2.42. The zero-order chi connectivity index (χ0) is 12.1. The maximum Gasteiger partial charge on any atom is 0.191 e. The molecule has 2 rings (SSSR count). The maximum atomic E-state index is 6.02. The summed E-state index contributed by atoms with van der Waals surface area (Å²) in [6.07, 6.45) is 3.41. The van der Waals surface area contributed by atoms with E-state index in [9.17, 15) is 0 Å². The monoisotopic (exact) mass is 254 g/mol. The summed E-state index contributed by atoms with van der Waals surface area (Å²) >= 11 is 1.99. The van der Waals surface area contributed by atoms with Gasteiger partial charge in [-0.15, -0.1) is 0 Å². The van der Waals surface area contributed by atoms with Gasteiger partial charge in [0.05, 0.1) is 6.54 Å². The van der Waals surface area contributed by atoms with Gasteiger partial charge in [0.2, 0.25) is 0 Å². The van der Waals surface area contributed by atoms with E-state index >= 15 is 0 Å². The summed E-state index contributed by atoms with van der Waals surface area (Å²) in [6, 6.07) is 0. The van der Waals surface area contributed by atoms with Gasteiger partial charge in [0.15, 0.2) is 5.96 Å². The molecule has 1 saturated heterocycles. The third-order valence-electron chi connectivity index (χ3n) is 3.29. The van der Waals surface area contributed by atoms with Gasteiger partial charge in [0.25, 0.3) is 0 Å². The van der Waals surface area contributed by atoms with Gasteiger partial charge in [0.1, 0.15) is 0 Å². The number of thioether (sulfide) groups is 1. The topological polar surface area (TPSA) is 44.9 Å². The Morgan fingerprint density at radius 2 is 2.18 bits per heavy atom. The van der Waals surface area contributed by atoms with Gasteiger partial charge in [-0.05, 0) is 13.5 Å². The zero-order valence-electron chi connectivity index (χ0n) is 10.6. The van der Waals surface area contributed by atoms with Gasteiger partial charge in [-0.25, -0.2) is 4.99 Å². The van der Waals surface area contributed by atoms with Crippen molar-refractivity contribution >= 4 is 17.7 Å². The van der Waals surface area contributed by atoms with E-state index in [-0.39, 0.29) is 0 Å². The van der Waals surface area contributed by atoms with Crippen LogP contribution in [-0.4, -0.2) is 67.0 Å². The second-order valence-corrected chi connectivity index (χ2v) is 5.87. The molecular weight excluding hydrogens is 232 g/mol. The number of hydrogen-bond acceptors (Lipinski definition) is 3. The molecule has 2 heterocycles. The van der Waals surface area contributed by atoms with E-state index < -0.39 is 0 Å². The second kappa shape index (κ2) is 6.31. The number of hydrogen-bond donors (Lipinski definition) is 1. The number of rotatable bonds is 2. The number of nitrogens with zero attached hydrogens (tertiary/aromatic N) is 3. The van der Waals surface area contributed by atoms with Crippen LogP contribution in [0.5, 0.6) is 0 Å². The van der Waals surface area contributed by atoms with E-state index in [4.69, 9.17) is 5.73 Å². The van der Waals surface area contributed by atoms with Crippen molar-refractivity contribution in [3.05, 3.63) is 11.6 Å². The summed E-state index contributed by atoms with van der Waals surface area (Å²) in [6.45, 7) is 5.06. The van der Waals surface area contributed by atoms with Gasteiger partial charge in [-0.2, -0.15) is 11.8 Å². The minimum atomic E-state index is 0.727. The minimum Gasteiger partial charge on any atom is -0.370 e. The van der Waals surface area contributed by atoms with E-state index in [0.29, 0.717) is 0 Å². The highest BCUT2D eigenvalue weighted by molar-refractivity contribution is 7.99. The number of likely N-dealkylation sites (N-methyl/N-ethyl adjacent to an activating group) is 1. The molecule has 1 fully saturated rings. The molecule has 0 aliphatic carbocycles. The Morgan fingerprint density at radius 3 is 2.82 bits per heavy atom. The number of guanidine groups is 1. The highest BCUT2D eigenvalue weighted by atomic mass is 32.2. The van der Waals surface area contributed by atoms with Crippen molar-refractivity contribution < 1.29 is 0 Å². The van der Waals surface area contributed by atoms with Crippen LogP contribution in [-0.2, 0) is 0 Å². The average Bonchev–Trinajstić information content (AvgIpc) is 2.39. The van der Waals surface area contributed by atoms with Crippen LogP contribution in [0.4, 0.5) is 0 Å². The maximum absolute atomic E-state index is 6.02. The van der Waals surface area contributed by atoms with Gasteiger partial charge < -0.3 is 15.5 Å². The quantitative estimate of drug-likeness (QED) is 0.445. The molecule has 0 radical (unpaired) electrons. The molecule has 0 saturated carbocycles. The van der Waals surface area contributed by atoms with Gasteiger partial charge in [-0.1, -0.05) is 11.6 Å². The van der Waals surface area contributed by atoms with Crippen molar-refractivity contribution in [2.24, 2.45) is 10.7 Å². The molecule has 0 bridgehead atoms. The highest BCUT2D eigenvalue weighted by Crippen LogP contribution is 2.11. The van der Waals surface area contributed by atoms with Crippen molar-refractivity contribution in [1.29, 1.82) is 0 Å². The molecule has 17 heavy (non-hydrogen) atoms. The van der Waals surface area contributed by atoms with E-state index in [1.54, 1.807) is 0 Å². The summed E-state index contributed by atoms with van der Waals surface area (Å²) < 4.78 is 0. The largest absolute Gasteiger partial charge is 0.370 e. The van der Waals surface area contributed by atoms with Gasteiger partial charge in [0, 0.05) is 37.7 Å². The molecule has 0 spiro atoms. The standard InChI is InChI=1S/C12H22N4S/c1-15-4-2-11(3-5-15)10-14-12(13)16-6-8-17-9-7-16/h2H,3-10H2,1H3,(H2,13,14). The first-order valence-electron chi connectivity index (χ1n) is 6.25. The molecule has 2 aliphatic heterocycles. The molecule has 2 N–H and O–H groups in total. The van der Waals surface area contributed by atoms with Crippen LogP contribution in [0.3, 0.4) is 0 Å². The zero-order valence-corrected chi connectivity index (χ0v) is 11.4. The fourth-order valence-corrected chi connectivity index (χ4v) is 2.93. The summed E-state index contributed by atoms with van der Waals surface area (Å²) in [5.74, 6) is 3.07. The van der Waals surface area contributed by atoms with Crippen LogP contribution in [0.2, 0.25) is 0 Å². The van der Waals surface area contributed by atoms with Gasteiger partial charge in [-0.3, -0.25) is 0 Å². The van der Waals surface area contributed by atoms with E-state index in [2.05, 4.69) is 27.9 Å². The molecule has 0 aromatic heterocycles. The first kappa shape index (κ1) is 12.8. The van der Waals surface area contributed by atoms with Crippen molar-refractivity contribution in [3.8, 4) is 0 Å². The summed E-state index contributed by atoms with van der Waals surface area (Å²) in [5.41, 5.74) is 7.45. The van der Waals surface area contributed by atoms with Crippen LogP contribution >= 0.6 is 11.8 Å². The van der Waals surface area contributed by atoms with Crippen molar-refractivity contribution in [1.82, 2.24) is 9.80 Å². The van der Waals surface area contributed by atoms with Gasteiger partial charge >= 0.3 is 0 Å². The molecule has 96 valence electrons. The van der Waals surface area contributed by atoms with Crippen LogP contribution < -0.4 is 5.73 Å². The summed E-state index contributed by atoms with van der Waals surface area (Å²) in [7, 11) is 2.15. The molecule has 0 unspecified atom stereocenters. The molecule has 5 heteroatoms. The lowest BCUT2D eigenvalue weighted by Gasteiger charge is -2.27. The Kier molecular flexibility index (Phi) is 4.74. The molecule has 0 aromatic carbocycles. The van der Waals surface area contributed by atoms with E-state index in [1.165, 1.54) is 17.1 Å². The van der Waals surface area contributed by atoms with E-state index in [1.807, 2.05) is 11.8 Å². The summed E-state index contributed by atoms with van der Waals surface area (Å²) in [4.78, 5) is 9.04. The molecule has 0 aromatic rings. The Hall–Kier alpha value is -0.680. The molecule has 4 nitrogen and oxygen atoms in total. The first-order chi connectivity index (χ1) is 8.25. The van der Waals surface area contributed by atoms with Crippen molar-refractivity contribution in [2.45, 2.75) is 6.42 Å². The molecular formula is C12H22N4S. The Morgan fingerprint density at radius 1 is 1.41 bits per heavy atom. The first-order valence-corrected chi connectivity index (χ1v) is 7.40. The molecule has 2 aliphatic rings. The number of aliphatic imine (C=N–C) groups is 1. The molecule has 0 atom stereocenters. The summed E-state index contributed by atoms with van der Waals surface area (Å²) in [5, 5.41) is 0. The third kappa shape index (κ3) is 3.92. The van der Waals surface area contributed by atoms with Crippen LogP contribution in [0.25, 0.3) is 0 Å². The lowest BCUT2D eigenvalue weighted by molar-refractivity contribution is 0.358. The minimum absolute atomic E-state index is 0.727. The number of nitrogens with two attached hydrogens (primary N) is 1. The molecule has 0 amide bonds. The average molecular weight is 254 g/mol. The normalized spacial score (nSPS) is 23.7. The van der Waals surface area contributed by atoms with Crippen molar-refractivity contribution in [2.75, 3.05) is 51.3 Å². The smallest absolute Gasteiger partial charge is 0.191 e. The van der Waals surface area contributed by atoms with Crippen LogP contribution in [0.1, 0.15) is 6.42 Å². The third-order valence-corrected chi connectivity index (χ3v) is 4.23. The SMILES string of the molecule is CN1CC=C(CN=C(N)N2CCSCC2)CC1. The lowest BCUT2D eigenvalue weighted by atomic mass is 10.1. The van der Waals surface area contributed by atoms with Crippen LogP contribution in [0.15, 0.2) is 16.6 Å². The second-order valence-electron chi connectivity index (χ2n) is 4.65. The Balaban J connectivity index is 1.82. The van der Waals surface area contributed by atoms with E-state index in [0.717, 1.165) is 45.1 Å². The van der Waals surface area contributed by atoms with Crippen molar-refractivity contribution in [3.63, 3.8) is 0 Å². The Labute approximate surface area is 108 Å². The Bertz CT molecular complexity index is 308. The fourth-order valence-electron chi connectivity index (χ4n) is 2.03. The predicted molar refractivity (Wildman–Crippen MR) is 75.6 cm³/mol. The van der Waals surface area contributed by atoms with Crippen LogP contribution in [0, 0.1) is 0 Å². The predicted octanol–water partition coefficient (Wildman–Crippen LogP) is 0.612. The fraction of sp³-hybridized carbons (Fsp3) is 0.750. The highest BCUT2D eigenvalue weighted by Gasteiger charge is 2.12.